The van der Waals surface area contributed by atoms with Gasteiger partial charge in [0.05, 0.1) is 5.56 Å². The van der Waals surface area contributed by atoms with Gasteiger partial charge in [0.2, 0.25) is 0 Å². The summed E-state index contributed by atoms with van der Waals surface area (Å²) < 4.78 is 40.5. The molecule has 1 amide bonds. The van der Waals surface area contributed by atoms with Crippen molar-refractivity contribution in [1.82, 2.24) is 9.88 Å². The monoisotopic (exact) mass is 482 g/mol. The molecule has 1 heterocycles. The summed E-state index contributed by atoms with van der Waals surface area (Å²) >= 11 is 1.59. The molecule has 0 bridgehead atoms. The highest BCUT2D eigenvalue weighted by Gasteiger charge is 2.29. The molecule has 0 saturated carbocycles. The molecular formula is C27H25F3N2OS. The molecule has 1 N–H and O–H groups in total. The van der Waals surface area contributed by atoms with E-state index >= 15 is 0 Å². The number of benzene rings is 3. The summed E-state index contributed by atoms with van der Waals surface area (Å²) in [6.45, 7) is 5.09. The Kier molecular flexibility index (Phi) is 7.03. The molecule has 4 aromatic rings. The quantitative estimate of drug-likeness (QED) is 0.288. The molecule has 3 nitrogen and oxygen atoms in total. The van der Waals surface area contributed by atoms with E-state index in [4.69, 9.17) is 0 Å². The molecule has 0 fully saturated rings. The number of alkyl halides is 3. The summed E-state index contributed by atoms with van der Waals surface area (Å²) in [5.41, 5.74) is 4.12. The lowest BCUT2D eigenvalue weighted by atomic mass is 10.1. The van der Waals surface area contributed by atoms with Crippen molar-refractivity contribution < 1.29 is 18.0 Å². The van der Waals surface area contributed by atoms with E-state index in [0.29, 0.717) is 24.4 Å². The van der Waals surface area contributed by atoms with Gasteiger partial charge >= 0.3 is 6.18 Å². The van der Waals surface area contributed by atoms with Crippen molar-refractivity contribution in [3.05, 3.63) is 101 Å². The van der Waals surface area contributed by atoms with Crippen LogP contribution in [0.4, 0.5) is 13.2 Å². The van der Waals surface area contributed by atoms with Gasteiger partial charge in [-0.1, -0.05) is 36.4 Å². The zero-order valence-electron chi connectivity index (χ0n) is 18.9. The second kappa shape index (κ2) is 9.97. The molecule has 7 heteroatoms. The first-order chi connectivity index (χ1) is 16.2. The Morgan fingerprint density at radius 1 is 0.971 bits per heavy atom. The van der Waals surface area contributed by atoms with E-state index in [1.54, 1.807) is 11.8 Å². The zero-order valence-corrected chi connectivity index (χ0v) is 19.8. The standard InChI is InChI=1S/C27H25F3N2OS/c1-18-7-10-21(15-19(18)2)26(33)31-13-14-32-16-25(23-5-3-4-6-24(23)32)34-17-20-8-11-22(12-9-20)27(28,29)30/h3-12,15-16H,13-14,17H2,1-2H3,(H,31,33). The van der Waals surface area contributed by atoms with Crippen LogP contribution in [0.1, 0.15) is 32.6 Å². The van der Waals surface area contributed by atoms with Crippen LogP contribution >= 0.6 is 11.8 Å². The van der Waals surface area contributed by atoms with Crippen molar-refractivity contribution in [2.75, 3.05) is 6.54 Å². The number of nitrogens with zero attached hydrogens (tertiary/aromatic N) is 1. The Balaban J connectivity index is 1.42. The molecule has 0 saturated heterocycles. The number of halogens is 3. The highest BCUT2D eigenvalue weighted by Crippen LogP contribution is 2.33. The van der Waals surface area contributed by atoms with Crippen molar-refractivity contribution in [1.29, 1.82) is 0 Å². The Morgan fingerprint density at radius 2 is 1.71 bits per heavy atom. The number of amides is 1. The molecule has 0 spiro atoms. The first kappa shape index (κ1) is 24.0. The van der Waals surface area contributed by atoms with Gasteiger partial charge in [-0.25, -0.2) is 0 Å². The van der Waals surface area contributed by atoms with Crippen LogP contribution in [0.5, 0.6) is 0 Å². The lowest BCUT2D eigenvalue weighted by Gasteiger charge is -2.09. The summed E-state index contributed by atoms with van der Waals surface area (Å²) in [5, 5.41) is 4.07. The summed E-state index contributed by atoms with van der Waals surface area (Å²) in [7, 11) is 0. The molecule has 3 aromatic carbocycles. The van der Waals surface area contributed by atoms with E-state index in [2.05, 4.69) is 9.88 Å². The highest BCUT2D eigenvalue weighted by atomic mass is 32.2. The van der Waals surface area contributed by atoms with Crippen LogP contribution in [-0.2, 0) is 18.5 Å². The fourth-order valence-electron chi connectivity index (χ4n) is 3.74. The fourth-order valence-corrected chi connectivity index (χ4v) is 4.78. The first-order valence-corrected chi connectivity index (χ1v) is 11.9. The van der Waals surface area contributed by atoms with Gasteiger partial charge in [0, 0.05) is 46.4 Å². The third kappa shape index (κ3) is 5.47. The molecular weight excluding hydrogens is 457 g/mol. The topological polar surface area (TPSA) is 34.0 Å². The molecule has 0 aliphatic carbocycles. The van der Waals surface area contributed by atoms with Crippen molar-refractivity contribution in [3.63, 3.8) is 0 Å². The molecule has 0 radical (unpaired) electrons. The van der Waals surface area contributed by atoms with Crippen molar-refractivity contribution in [2.45, 2.75) is 37.2 Å². The van der Waals surface area contributed by atoms with Crippen LogP contribution < -0.4 is 5.32 Å². The van der Waals surface area contributed by atoms with Gasteiger partial charge in [-0.05, 0) is 60.9 Å². The number of rotatable bonds is 7. The third-order valence-electron chi connectivity index (χ3n) is 5.83. The smallest absolute Gasteiger partial charge is 0.350 e. The Labute approximate surface area is 201 Å². The van der Waals surface area contributed by atoms with Gasteiger partial charge in [0.15, 0.2) is 0 Å². The SMILES string of the molecule is Cc1ccc(C(=O)NCCn2cc(SCc3ccc(C(F)(F)F)cc3)c3ccccc32)cc1C. The summed E-state index contributed by atoms with van der Waals surface area (Å²) in [4.78, 5) is 13.6. The second-order valence-corrected chi connectivity index (χ2v) is 9.26. The number of aromatic nitrogens is 1. The average molecular weight is 483 g/mol. The minimum atomic E-state index is -4.33. The number of hydrogen-bond acceptors (Lipinski definition) is 2. The molecule has 0 atom stereocenters. The van der Waals surface area contributed by atoms with Crippen LogP contribution in [0.2, 0.25) is 0 Å². The predicted molar refractivity (Wildman–Crippen MR) is 131 cm³/mol. The number of para-hydroxylation sites is 1. The summed E-state index contributed by atoms with van der Waals surface area (Å²) in [6.07, 6.45) is -2.28. The summed E-state index contributed by atoms with van der Waals surface area (Å²) in [5.74, 6) is 0.465. The van der Waals surface area contributed by atoms with E-state index in [1.807, 2.05) is 62.5 Å². The molecule has 4 rings (SSSR count). The molecule has 1 aromatic heterocycles. The van der Waals surface area contributed by atoms with E-state index in [1.165, 1.54) is 12.1 Å². The van der Waals surface area contributed by atoms with E-state index in [0.717, 1.165) is 44.6 Å². The van der Waals surface area contributed by atoms with Crippen LogP contribution in [-0.4, -0.2) is 17.0 Å². The van der Waals surface area contributed by atoms with Crippen molar-refractivity contribution in [2.24, 2.45) is 0 Å². The van der Waals surface area contributed by atoms with E-state index in [9.17, 15) is 18.0 Å². The van der Waals surface area contributed by atoms with Gasteiger partial charge in [0.25, 0.3) is 5.91 Å². The minimum absolute atomic E-state index is 0.100. The number of thioether (sulfide) groups is 1. The molecule has 34 heavy (non-hydrogen) atoms. The van der Waals surface area contributed by atoms with Gasteiger partial charge in [-0.2, -0.15) is 13.2 Å². The van der Waals surface area contributed by atoms with Crippen molar-refractivity contribution >= 4 is 28.6 Å². The van der Waals surface area contributed by atoms with Gasteiger partial charge in [-0.3, -0.25) is 4.79 Å². The maximum atomic E-state index is 12.8. The van der Waals surface area contributed by atoms with E-state index in [-0.39, 0.29) is 5.91 Å². The predicted octanol–water partition coefficient (Wildman–Crippen LogP) is 7.00. The molecule has 0 aliphatic rings. The second-order valence-electron chi connectivity index (χ2n) is 8.24. The Hall–Kier alpha value is -3.19. The summed E-state index contributed by atoms with van der Waals surface area (Å²) in [6, 6.07) is 19.0. The van der Waals surface area contributed by atoms with Gasteiger partial charge < -0.3 is 9.88 Å². The molecule has 0 unspecified atom stereocenters. The van der Waals surface area contributed by atoms with Crippen LogP contribution in [0.25, 0.3) is 10.9 Å². The number of fused-ring (bicyclic) bond motifs is 1. The largest absolute Gasteiger partial charge is 0.416 e. The maximum Gasteiger partial charge on any atom is 0.416 e. The van der Waals surface area contributed by atoms with Gasteiger partial charge in [0.1, 0.15) is 0 Å². The number of aryl methyl sites for hydroxylation is 2. The van der Waals surface area contributed by atoms with Gasteiger partial charge in [-0.15, -0.1) is 11.8 Å². The number of nitrogens with one attached hydrogen (secondary N) is 1. The Morgan fingerprint density at radius 3 is 2.41 bits per heavy atom. The lowest BCUT2D eigenvalue weighted by Crippen LogP contribution is -2.27. The number of hydrogen-bond donors (Lipinski definition) is 1. The molecule has 0 aliphatic heterocycles. The third-order valence-corrected chi connectivity index (χ3v) is 6.95. The van der Waals surface area contributed by atoms with Crippen LogP contribution in [0.3, 0.4) is 0 Å². The maximum absolute atomic E-state index is 12.8. The Bertz CT molecular complexity index is 1310. The number of carbonyl (C=O) groups is 1. The first-order valence-electron chi connectivity index (χ1n) is 10.9. The number of carbonyl (C=O) groups excluding carboxylic acids is 1. The van der Waals surface area contributed by atoms with E-state index < -0.39 is 11.7 Å². The van der Waals surface area contributed by atoms with Crippen LogP contribution in [0.15, 0.2) is 77.8 Å². The highest BCUT2D eigenvalue weighted by molar-refractivity contribution is 7.98. The minimum Gasteiger partial charge on any atom is -0.350 e. The lowest BCUT2D eigenvalue weighted by molar-refractivity contribution is -0.137. The molecule has 176 valence electrons. The normalized spacial score (nSPS) is 11.7. The van der Waals surface area contributed by atoms with Crippen molar-refractivity contribution in [3.8, 4) is 0 Å². The van der Waals surface area contributed by atoms with Crippen LogP contribution in [0, 0.1) is 13.8 Å². The fraction of sp³-hybridized carbons (Fsp3) is 0.222. The average Bonchev–Trinajstić information content (AvgIpc) is 3.17. The zero-order chi connectivity index (χ0) is 24.3.